The number of nitrogens with zero attached hydrogens (tertiary/aromatic N) is 1. The van der Waals surface area contributed by atoms with Crippen molar-refractivity contribution in [1.82, 2.24) is 10.2 Å². The summed E-state index contributed by atoms with van der Waals surface area (Å²) in [6.07, 6.45) is 2.94. The summed E-state index contributed by atoms with van der Waals surface area (Å²) in [5, 5.41) is 16.0. The molecule has 26 heavy (non-hydrogen) atoms. The van der Waals surface area contributed by atoms with Gasteiger partial charge in [0.05, 0.1) is 18.0 Å². The van der Waals surface area contributed by atoms with E-state index in [1.807, 2.05) is 13.0 Å². The third-order valence-corrected chi connectivity index (χ3v) is 3.83. The number of aryl methyl sites for hydroxylation is 1. The topological polar surface area (TPSA) is 66.0 Å². The highest BCUT2D eigenvalue weighted by atomic mass is 19.2. The van der Waals surface area contributed by atoms with E-state index in [0.29, 0.717) is 28.1 Å². The molecule has 0 radical (unpaired) electrons. The van der Waals surface area contributed by atoms with Gasteiger partial charge in [0.1, 0.15) is 0 Å². The van der Waals surface area contributed by atoms with Gasteiger partial charge < -0.3 is 5.11 Å². The Morgan fingerprint density at radius 2 is 1.96 bits per heavy atom. The number of allylic oxidation sites excluding steroid dienone is 1. The molecule has 0 bridgehead atoms. The number of aliphatic hydroxyl groups excluding tert-OH is 1. The van der Waals surface area contributed by atoms with Crippen LogP contribution in [0.3, 0.4) is 0 Å². The van der Waals surface area contributed by atoms with E-state index in [1.165, 1.54) is 12.1 Å². The molecular weight excluding hydrogens is 338 g/mol. The van der Waals surface area contributed by atoms with Crippen LogP contribution in [0.5, 0.6) is 0 Å². The Balaban J connectivity index is 1.79. The zero-order valence-electron chi connectivity index (χ0n) is 14.0. The Bertz CT molecular complexity index is 993. The van der Waals surface area contributed by atoms with Crippen LogP contribution in [0.2, 0.25) is 0 Å². The van der Waals surface area contributed by atoms with E-state index in [9.17, 15) is 18.7 Å². The number of ketones is 1. The molecule has 2 aromatic carbocycles. The lowest BCUT2D eigenvalue weighted by molar-refractivity contribution is 0.104. The second kappa shape index (κ2) is 7.41. The van der Waals surface area contributed by atoms with Gasteiger partial charge in [-0.25, -0.2) is 8.78 Å². The molecule has 4 nitrogen and oxygen atoms in total. The number of hydrogen-bond donors (Lipinski definition) is 2. The van der Waals surface area contributed by atoms with Gasteiger partial charge in [-0.3, -0.25) is 9.89 Å². The van der Waals surface area contributed by atoms with Gasteiger partial charge in [-0.2, -0.15) is 5.10 Å². The van der Waals surface area contributed by atoms with E-state index in [-0.39, 0.29) is 12.4 Å². The van der Waals surface area contributed by atoms with Crippen molar-refractivity contribution in [3.63, 3.8) is 0 Å². The summed E-state index contributed by atoms with van der Waals surface area (Å²) in [5.74, 6) is -2.08. The fourth-order valence-electron chi connectivity index (χ4n) is 2.58. The van der Waals surface area contributed by atoms with Crippen LogP contribution in [0.25, 0.3) is 17.3 Å². The SMILES string of the molecule is Cc1cc(CO)cc(C(=O)/C=C/c2cc(-c3ccc(F)c(F)c3)n[nH]2)c1. The lowest BCUT2D eigenvalue weighted by atomic mass is 10.0. The third-order valence-electron chi connectivity index (χ3n) is 3.83. The molecule has 3 rings (SSSR count). The van der Waals surface area contributed by atoms with Crippen molar-refractivity contribution in [3.8, 4) is 11.3 Å². The highest BCUT2D eigenvalue weighted by Crippen LogP contribution is 2.21. The van der Waals surface area contributed by atoms with E-state index < -0.39 is 11.6 Å². The molecule has 0 aliphatic heterocycles. The number of rotatable bonds is 5. The van der Waals surface area contributed by atoms with Crippen molar-refractivity contribution in [1.29, 1.82) is 0 Å². The third kappa shape index (κ3) is 3.92. The number of aliphatic hydroxyl groups is 1. The van der Waals surface area contributed by atoms with Crippen molar-refractivity contribution < 1.29 is 18.7 Å². The Hall–Kier alpha value is -3.12. The first kappa shape index (κ1) is 17.7. The predicted molar refractivity (Wildman–Crippen MR) is 94.4 cm³/mol. The molecule has 132 valence electrons. The standard InChI is InChI=1S/C20H16F2N2O2/c1-12-6-13(11-25)8-15(7-12)20(26)5-3-16-10-19(24-23-16)14-2-4-17(21)18(22)9-14/h2-10,25H,11H2,1H3,(H,23,24)/b5-3+. The number of aromatic amines is 1. The Labute approximate surface area is 148 Å². The maximum atomic E-state index is 13.3. The minimum absolute atomic E-state index is 0.135. The van der Waals surface area contributed by atoms with Gasteiger partial charge in [0.2, 0.25) is 0 Å². The van der Waals surface area contributed by atoms with E-state index in [0.717, 1.165) is 17.7 Å². The Morgan fingerprint density at radius 1 is 1.15 bits per heavy atom. The van der Waals surface area contributed by atoms with Crippen molar-refractivity contribution in [2.75, 3.05) is 0 Å². The number of halogens is 2. The first-order valence-corrected chi connectivity index (χ1v) is 7.91. The zero-order chi connectivity index (χ0) is 18.7. The molecule has 0 aliphatic rings. The van der Waals surface area contributed by atoms with Gasteiger partial charge in [-0.1, -0.05) is 11.6 Å². The summed E-state index contributed by atoms with van der Waals surface area (Å²) in [4.78, 5) is 12.3. The molecule has 0 amide bonds. The van der Waals surface area contributed by atoms with E-state index >= 15 is 0 Å². The van der Waals surface area contributed by atoms with Crippen molar-refractivity contribution >= 4 is 11.9 Å². The van der Waals surface area contributed by atoms with Gasteiger partial charge in [0.25, 0.3) is 0 Å². The molecule has 3 aromatic rings. The van der Waals surface area contributed by atoms with Crippen LogP contribution in [0.1, 0.15) is 27.2 Å². The average Bonchev–Trinajstić information content (AvgIpc) is 3.10. The molecule has 0 atom stereocenters. The van der Waals surface area contributed by atoms with Crippen molar-refractivity contribution in [3.05, 3.63) is 82.6 Å². The summed E-state index contributed by atoms with van der Waals surface area (Å²) in [6, 6.07) is 10.3. The molecule has 0 unspecified atom stereocenters. The first-order chi connectivity index (χ1) is 12.5. The smallest absolute Gasteiger partial charge is 0.185 e. The molecule has 2 N–H and O–H groups in total. The monoisotopic (exact) mass is 354 g/mol. The quantitative estimate of drug-likeness (QED) is 0.537. The largest absolute Gasteiger partial charge is 0.392 e. The molecule has 0 aliphatic carbocycles. The van der Waals surface area contributed by atoms with Crippen LogP contribution >= 0.6 is 0 Å². The van der Waals surface area contributed by atoms with Crippen LogP contribution in [0.4, 0.5) is 8.78 Å². The van der Waals surface area contributed by atoms with E-state index in [2.05, 4.69) is 10.2 Å². The normalized spacial score (nSPS) is 11.2. The molecule has 6 heteroatoms. The highest BCUT2D eigenvalue weighted by molar-refractivity contribution is 6.07. The number of aromatic nitrogens is 2. The molecule has 1 heterocycles. The summed E-state index contributed by atoms with van der Waals surface area (Å²) >= 11 is 0. The second-order valence-electron chi connectivity index (χ2n) is 5.90. The van der Waals surface area contributed by atoms with Gasteiger partial charge in [0, 0.05) is 11.1 Å². The summed E-state index contributed by atoms with van der Waals surface area (Å²) in [6.45, 7) is 1.71. The maximum Gasteiger partial charge on any atom is 0.185 e. The zero-order valence-corrected chi connectivity index (χ0v) is 14.0. The summed E-state index contributed by atoms with van der Waals surface area (Å²) in [5.41, 5.74) is 3.45. The molecule has 1 aromatic heterocycles. The predicted octanol–water partition coefficient (Wildman–Crippen LogP) is 4.05. The van der Waals surface area contributed by atoms with Crippen LogP contribution < -0.4 is 0 Å². The molecule has 0 saturated heterocycles. The van der Waals surface area contributed by atoms with Crippen molar-refractivity contribution in [2.24, 2.45) is 0 Å². The van der Waals surface area contributed by atoms with Gasteiger partial charge >= 0.3 is 0 Å². The Morgan fingerprint density at radius 3 is 2.69 bits per heavy atom. The highest BCUT2D eigenvalue weighted by Gasteiger charge is 2.08. The summed E-state index contributed by atoms with van der Waals surface area (Å²) in [7, 11) is 0. The molecule has 0 fully saturated rings. The van der Waals surface area contributed by atoms with Crippen molar-refractivity contribution in [2.45, 2.75) is 13.5 Å². The van der Waals surface area contributed by atoms with Gasteiger partial charge in [-0.15, -0.1) is 0 Å². The Kier molecular flexibility index (Phi) is 5.04. The number of carbonyl (C=O) groups excluding carboxylic acids is 1. The lowest BCUT2D eigenvalue weighted by Crippen LogP contribution is -1.97. The minimum Gasteiger partial charge on any atom is -0.392 e. The number of carbonyl (C=O) groups is 1. The molecular formula is C20H16F2N2O2. The molecule has 0 saturated carbocycles. The molecule has 0 spiro atoms. The maximum absolute atomic E-state index is 13.3. The average molecular weight is 354 g/mol. The lowest BCUT2D eigenvalue weighted by Gasteiger charge is -2.02. The van der Waals surface area contributed by atoms with Crippen LogP contribution in [0.15, 0.2) is 48.5 Å². The second-order valence-corrected chi connectivity index (χ2v) is 5.90. The fourth-order valence-corrected chi connectivity index (χ4v) is 2.58. The van der Waals surface area contributed by atoms with Crippen LogP contribution in [0, 0.1) is 18.6 Å². The number of nitrogens with one attached hydrogen (secondary N) is 1. The van der Waals surface area contributed by atoms with Gasteiger partial charge in [0.15, 0.2) is 17.4 Å². The summed E-state index contributed by atoms with van der Waals surface area (Å²) < 4.78 is 26.3. The number of hydrogen-bond acceptors (Lipinski definition) is 3. The number of benzene rings is 2. The van der Waals surface area contributed by atoms with E-state index in [4.69, 9.17) is 0 Å². The van der Waals surface area contributed by atoms with Crippen LogP contribution in [-0.2, 0) is 6.61 Å². The first-order valence-electron chi connectivity index (χ1n) is 7.91. The van der Waals surface area contributed by atoms with E-state index in [1.54, 1.807) is 24.3 Å². The fraction of sp³-hybridized carbons (Fsp3) is 0.100. The van der Waals surface area contributed by atoms with Gasteiger partial charge in [-0.05, 0) is 61.0 Å². The number of H-pyrrole nitrogens is 1. The van der Waals surface area contributed by atoms with Crippen LogP contribution in [-0.4, -0.2) is 21.1 Å². The minimum atomic E-state index is -0.947.